The first kappa shape index (κ1) is 14.3. The van der Waals surface area contributed by atoms with Crippen molar-refractivity contribution in [1.29, 1.82) is 0 Å². The third-order valence-electron chi connectivity index (χ3n) is 3.49. The van der Waals surface area contributed by atoms with Crippen molar-refractivity contribution in [3.05, 3.63) is 45.2 Å². The van der Waals surface area contributed by atoms with Gasteiger partial charge in [0, 0.05) is 16.7 Å². The van der Waals surface area contributed by atoms with E-state index in [4.69, 9.17) is 0 Å². The maximum Gasteiger partial charge on any atom is 0.0705 e. The normalized spacial score (nSPS) is 11.0. The number of rotatable bonds is 4. The molecule has 2 rings (SSSR count). The van der Waals surface area contributed by atoms with E-state index in [1.165, 1.54) is 16.8 Å². The fourth-order valence-electron chi connectivity index (χ4n) is 2.10. The fraction of sp³-hybridized carbons (Fsp3) is 0.400. The predicted molar refractivity (Wildman–Crippen MR) is 82.9 cm³/mol. The van der Waals surface area contributed by atoms with Gasteiger partial charge in [-0.05, 0) is 50.6 Å². The number of halogens is 1. The Morgan fingerprint density at radius 1 is 1.26 bits per heavy atom. The maximum absolute atomic E-state index is 4.66. The summed E-state index contributed by atoms with van der Waals surface area (Å²) in [5.41, 5.74) is 5.95. The number of benzene rings is 1. The number of aryl methyl sites for hydroxylation is 1. The summed E-state index contributed by atoms with van der Waals surface area (Å²) in [5.74, 6) is 0. The van der Waals surface area contributed by atoms with E-state index in [-0.39, 0.29) is 0 Å². The van der Waals surface area contributed by atoms with Gasteiger partial charge in [-0.15, -0.1) is 0 Å². The van der Waals surface area contributed by atoms with Crippen LogP contribution >= 0.6 is 15.9 Å². The molecule has 0 radical (unpaired) electrons. The van der Waals surface area contributed by atoms with E-state index in [1.807, 2.05) is 4.68 Å². The number of nitrogens with zero attached hydrogens (tertiary/aromatic N) is 2. The number of hydrogen-bond acceptors (Lipinski definition) is 2. The van der Waals surface area contributed by atoms with Crippen LogP contribution in [0.4, 0.5) is 0 Å². The van der Waals surface area contributed by atoms with Gasteiger partial charge in [0.15, 0.2) is 0 Å². The van der Waals surface area contributed by atoms with Gasteiger partial charge in [0.2, 0.25) is 0 Å². The van der Waals surface area contributed by atoms with Crippen LogP contribution in [0.2, 0.25) is 0 Å². The summed E-state index contributed by atoms with van der Waals surface area (Å²) in [7, 11) is 0. The molecular weight excluding hydrogens is 302 g/mol. The van der Waals surface area contributed by atoms with Gasteiger partial charge in [0.1, 0.15) is 0 Å². The van der Waals surface area contributed by atoms with Gasteiger partial charge >= 0.3 is 0 Å². The Morgan fingerprint density at radius 3 is 2.58 bits per heavy atom. The lowest BCUT2D eigenvalue weighted by Gasteiger charge is -2.12. The predicted octanol–water partition coefficient (Wildman–Crippen LogP) is 3.67. The molecule has 1 aromatic heterocycles. The molecule has 0 aliphatic heterocycles. The quantitative estimate of drug-likeness (QED) is 0.931. The second-order valence-corrected chi connectivity index (χ2v) is 5.68. The molecule has 1 N–H and O–H groups in total. The minimum atomic E-state index is 0.858. The van der Waals surface area contributed by atoms with E-state index in [2.05, 4.69) is 72.2 Å². The lowest BCUT2D eigenvalue weighted by molar-refractivity contribution is 0.713. The average Bonchev–Trinajstić information content (AvgIpc) is 2.65. The van der Waals surface area contributed by atoms with Crippen LogP contribution < -0.4 is 5.32 Å². The molecule has 102 valence electrons. The molecule has 4 heteroatoms. The first-order chi connectivity index (χ1) is 9.04. The van der Waals surface area contributed by atoms with Gasteiger partial charge in [0.25, 0.3) is 0 Å². The van der Waals surface area contributed by atoms with Crippen molar-refractivity contribution in [2.24, 2.45) is 0 Å². The van der Waals surface area contributed by atoms with Crippen LogP contribution in [0.3, 0.4) is 0 Å². The van der Waals surface area contributed by atoms with Crippen molar-refractivity contribution in [3.63, 3.8) is 0 Å². The highest BCUT2D eigenvalue weighted by atomic mass is 79.9. The highest BCUT2D eigenvalue weighted by Gasteiger charge is 2.12. The summed E-state index contributed by atoms with van der Waals surface area (Å²) in [6.45, 7) is 10.2. The molecule has 0 saturated carbocycles. The zero-order valence-corrected chi connectivity index (χ0v) is 13.5. The van der Waals surface area contributed by atoms with E-state index in [0.717, 1.165) is 28.9 Å². The largest absolute Gasteiger partial charge is 0.313 e. The molecule has 0 aliphatic rings. The Bertz CT molecular complexity index is 587. The standard InChI is InChI=1S/C15H20BrN3/c1-5-17-9-13-6-7-14(16)8-15(13)19-12(4)10(2)11(3)18-19/h6-8,17H,5,9H2,1-4H3. The second-order valence-electron chi connectivity index (χ2n) is 4.76. The summed E-state index contributed by atoms with van der Waals surface area (Å²) in [6, 6.07) is 6.36. The van der Waals surface area contributed by atoms with Crippen LogP contribution in [-0.4, -0.2) is 16.3 Å². The Kier molecular flexibility index (Phi) is 4.42. The lowest BCUT2D eigenvalue weighted by atomic mass is 10.1. The van der Waals surface area contributed by atoms with Crippen molar-refractivity contribution in [1.82, 2.24) is 15.1 Å². The molecule has 19 heavy (non-hydrogen) atoms. The molecule has 1 heterocycles. The van der Waals surface area contributed by atoms with Crippen molar-refractivity contribution in [2.75, 3.05) is 6.54 Å². The first-order valence-electron chi connectivity index (χ1n) is 6.57. The van der Waals surface area contributed by atoms with Gasteiger partial charge in [-0.3, -0.25) is 0 Å². The maximum atomic E-state index is 4.66. The van der Waals surface area contributed by atoms with E-state index in [1.54, 1.807) is 0 Å². The van der Waals surface area contributed by atoms with Crippen LogP contribution in [0.1, 0.15) is 29.4 Å². The van der Waals surface area contributed by atoms with Crippen molar-refractivity contribution >= 4 is 15.9 Å². The molecule has 1 aromatic carbocycles. The highest BCUT2D eigenvalue weighted by Crippen LogP contribution is 2.23. The first-order valence-corrected chi connectivity index (χ1v) is 7.36. The lowest BCUT2D eigenvalue weighted by Crippen LogP contribution is -2.14. The van der Waals surface area contributed by atoms with Gasteiger partial charge in [0.05, 0.1) is 11.4 Å². The van der Waals surface area contributed by atoms with Crippen LogP contribution in [0.15, 0.2) is 22.7 Å². The highest BCUT2D eigenvalue weighted by molar-refractivity contribution is 9.10. The van der Waals surface area contributed by atoms with E-state index in [0.29, 0.717) is 0 Å². The number of aromatic nitrogens is 2. The van der Waals surface area contributed by atoms with E-state index in [9.17, 15) is 0 Å². The van der Waals surface area contributed by atoms with Crippen molar-refractivity contribution in [2.45, 2.75) is 34.2 Å². The van der Waals surface area contributed by atoms with Crippen molar-refractivity contribution < 1.29 is 0 Å². The topological polar surface area (TPSA) is 29.9 Å². The van der Waals surface area contributed by atoms with Crippen LogP contribution in [0.25, 0.3) is 5.69 Å². The Labute approximate surface area is 123 Å². The molecule has 0 aliphatic carbocycles. The Balaban J connectivity index is 2.52. The van der Waals surface area contributed by atoms with Gasteiger partial charge in [-0.2, -0.15) is 5.10 Å². The van der Waals surface area contributed by atoms with Crippen LogP contribution in [0, 0.1) is 20.8 Å². The zero-order valence-electron chi connectivity index (χ0n) is 11.9. The summed E-state index contributed by atoms with van der Waals surface area (Å²) in [6.07, 6.45) is 0. The molecule has 0 unspecified atom stereocenters. The molecule has 3 nitrogen and oxygen atoms in total. The minimum Gasteiger partial charge on any atom is -0.313 e. The van der Waals surface area contributed by atoms with E-state index >= 15 is 0 Å². The summed E-state index contributed by atoms with van der Waals surface area (Å²) in [4.78, 5) is 0. The molecule has 0 spiro atoms. The number of hydrogen-bond donors (Lipinski definition) is 1. The molecular formula is C15H20BrN3. The monoisotopic (exact) mass is 321 g/mol. The number of nitrogens with one attached hydrogen (secondary N) is 1. The van der Waals surface area contributed by atoms with Gasteiger partial charge in [-0.25, -0.2) is 4.68 Å². The third-order valence-corrected chi connectivity index (χ3v) is 3.99. The fourth-order valence-corrected chi connectivity index (χ4v) is 2.45. The van der Waals surface area contributed by atoms with E-state index < -0.39 is 0 Å². The molecule has 0 bridgehead atoms. The molecule has 2 aromatic rings. The van der Waals surface area contributed by atoms with Crippen molar-refractivity contribution in [3.8, 4) is 5.69 Å². The summed E-state index contributed by atoms with van der Waals surface area (Å²) in [5, 5.41) is 8.04. The smallest absolute Gasteiger partial charge is 0.0705 e. The van der Waals surface area contributed by atoms with Crippen LogP contribution in [-0.2, 0) is 6.54 Å². The van der Waals surface area contributed by atoms with Crippen LogP contribution in [0.5, 0.6) is 0 Å². The molecule has 0 atom stereocenters. The zero-order chi connectivity index (χ0) is 14.0. The molecule has 0 amide bonds. The SMILES string of the molecule is CCNCc1ccc(Br)cc1-n1nc(C)c(C)c1C. The van der Waals surface area contributed by atoms with Gasteiger partial charge < -0.3 is 5.32 Å². The third kappa shape index (κ3) is 2.90. The Morgan fingerprint density at radius 2 is 2.00 bits per heavy atom. The molecule has 0 saturated heterocycles. The second kappa shape index (κ2) is 5.88. The summed E-state index contributed by atoms with van der Waals surface area (Å²) >= 11 is 3.55. The summed E-state index contributed by atoms with van der Waals surface area (Å²) < 4.78 is 3.12. The Hall–Kier alpha value is -1.13. The average molecular weight is 322 g/mol. The molecule has 0 fully saturated rings. The van der Waals surface area contributed by atoms with Gasteiger partial charge in [-0.1, -0.05) is 28.9 Å². The minimum absolute atomic E-state index is 0.858.